The minimum atomic E-state index is -0.247. The van der Waals surface area contributed by atoms with Crippen LogP contribution in [0.5, 0.6) is 5.75 Å². The zero-order valence-corrected chi connectivity index (χ0v) is 17.8. The Morgan fingerprint density at radius 2 is 1.76 bits per heavy atom. The zero-order valence-electron chi connectivity index (χ0n) is 17.8. The molecule has 0 aliphatic carbocycles. The van der Waals surface area contributed by atoms with Gasteiger partial charge in [-0.05, 0) is 49.6 Å². The summed E-state index contributed by atoms with van der Waals surface area (Å²) in [6.07, 6.45) is 0. The summed E-state index contributed by atoms with van der Waals surface area (Å²) in [5.41, 5.74) is 5.31. The molecule has 3 aromatic rings. The molecule has 1 aromatic heterocycles. The van der Waals surface area contributed by atoms with Crippen LogP contribution in [-0.4, -0.2) is 22.8 Å². The quantitative estimate of drug-likeness (QED) is 0.651. The molecule has 2 unspecified atom stereocenters. The molecule has 1 amide bonds. The number of nitrogens with one attached hydrogen (secondary N) is 1. The molecule has 0 saturated heterocycles. The highest BCUT2D eigenvalue weighted by Crippen LogP contribution is 2.26. The fourth-order valence-electron chi connectivity index (χ4n) is 3.42. The Labute approximate surface area is 172 Å². The van der Waals surface area contributed by atoms with Gasteiger partial charge < -0.3 is 10.1 Å². The van der Waals surface area contributed by atoms with Gasteiger partial charge in [0.2, 0.25) is 5.91 Å². The monoisotopic (exact) mass is 391 g/mol. The van der Waals surface area contributed by atoms with Crippen LogP contribution in [0.25, 0.3) is 0 Å². The minimum Gasteiger partial charge on any atom is -0.497 e. The van der Waals surface area contributed by atoms with Crippen LogP contribution in [0.15, 0.2) is 54.6 Å². The number of nitrogens with zero attached hydrogens (tertiary/aromatic N) is 2. The molecular formula is C24H29N3O2. The van der Waals surface area contributed by atoms with Crippen molar-refractivity contribution in [2.24, 2.45) is 5.92 Å². The van der Waals surface area contributed by atoms with E-state index in [2.05, 4.69) is 17.3 Å². The van der Waals surface area contributed by atoms with E-state index in [4.69, 9.17) is 4.74 Å². The SMILES string of the molecule is COc1cccc(C(NC(=O)C(C)Cn2nc(C)c(C)c2C)c2ccccc2)c1. The van der Waals surface area contributed by atoms with Crippen LogP contribution in [0, 0.1) is 26.7 Å². The summed E-state index contributed by atoms with van der Waals surface area (Å²) in [6.45, 7) is 8.59. The van der Waals surface area contributed by atoms with E-state index in [1.807, 2.05) is 80.1 Å². The van der Waals surface area contributed by atoms with Crippen molar-refractivity contribution in [1.82, 2.24) is 15.1 Å². The lowest BCUT2D eigenvalue weighted by atomic mass is 9.97. The molecule has 3 rings (SSSR count). The summed E-state index contributed by atoms with van der Waals surface area (Å²) < 4.78 is 7.30. The van der Waals surface area contributed by atoms with Gasteiger partial charge in [-0.3, -0.25) is 9.48 Å². The third kappa shape index (κ3) is 4.67. The van der Waals surface area contributed by atoms with Gasteiger partial charge >= 0.3 is 0 Å². The average molecular weight is 392 g/mol. The van der Waals surface area contributed by atoms with Gasteiger partial charge in [0.15, 0.2) is 0 Å². The van der Waals surface area contributed by atoms with Crippen molar-refractivity contribution in [2.45, 2.75) is 40.3 Å². The number of benzene rings is 2. The van der Waals surface area contributed by atoms with Gasteiger partial charge in [-0.2, -0.15) is 5.10 Å². The standard InChI is InChI=1S/C24H29N3O2/c1-16(15-27-19(4)17(2)18(3)26-27)24(28)25-23(20-10-7-6-8-11-20)21-12-9-13-22(14-21)29-5/h6-14,16,23H,15H2,1-5H3,(H,25,28). The lowest BCUT2D eigenvalue weighted by molar-refractivity contribution is -0.125. The molecular weight excluding hydrogens is 362 g/mol. The lowest BCUT2D eigenvalue weighted by Crippen LogP contribution is -2.35. The first-order valence-electron chi connectivity index (χ1n) is 9.90. The van der Waals surface area contributed by atoms with Crippen LogP contribution < -0.4 is 10.1 Å². The summed E-state index contributed by atoms with van der Waals surface area (Å²) >= 11 is 0. The molecule has 2 atom stereocenters. The number of carbonyl (C=O) groups is 1. The Bertz CT molecular complexity index is 979. The van der Waals surface area contributed by atoms with E-state index in [1.54, 1.807) is 7.11 Å². The van der Waals surface area contributed by atoms with Crippen LogP contribution in [0.3, 0.4) is 0 Å². The molecule has 0 radical (unpaired) electrons. The number of aryl methyl sites for hydroxylation is 1. The smallest absolute Gasteiger partial charge is 0.225 e. The topological polar surface area (TPSA) is 56.1 Å². The van der Waals surface area contributed by atoms with Crippen molar-refractivity contribution >= 4 is 5.91 Å². The van der Waals surface area contributed by atoms with E-state index in [-0.39, 0.29) is 17.9 Å². The molecule has 0 saturated carbocycles. The molecule has 0 bridgehead atoms. The number of aromatic nitrogens is 2. The first-order chi connectivity index (χ1) is 13.9. The molecule has 1 heterocycles. The highest BCUT2D eigenvalue weighted by Gasteiger charge is 2.22. The number of carbonyl (C=O) groups excluding carboxylic acids is 1. The lowest BCUT2D eigenvalue weighted by Gasteiger charge is -2.23. The average Bonchev–Trinajstić information content (AvgIpc) is 2.98. The maximum absolute atomic E-state index is 13.1. The molecule has 0 fully saturated rings. The van der Waals surface area contributed by atoms with Gasteiger partial charge in [-0.15, -0.1) is 0 Å². The summed E-state index contributed by atoms with van der Waals surface area (Å²) in [4.78, 5) is 13.1. The fraction of sp³-hybridized carbons (Fsp3) is 0.333. The summed E-state index contributed by atoms with van der Waals surface area (Å²) in [6, 6.07) is 17.6. The van der Waals surface area contributed by atoms with Crippen molar-refractivity contribution in [1.29, 1.82) is 0 Å². The van der Waals surface area contributed by atoms with Crippen LogP contribution >= 0.6 is 0 Å². The van der Waals surface area contributed by atoms with Gasteiger partial charge in [-0.25, -0.2) is 0 Å². The Kier molecular flexibility index (Phi) is 6.37. The molecule has 0 spiro atoms. The third-order valence-electron chi connectivity index (χ3n) is 5.48. The number of ether oxygens (including phenoxy) is 1. The van der Waals surface area contributed by atoms with Crippen molar-refractivity contribution in [3.05, 3.63) is 82.7 Å². The van der Waals surface area contributed by atoms with E-state index in [1.165, 1.54) is 5.56 Å². The number of amides is 1. The van der Waals surface area contributed by atoms with Gasteiger partial charge in [0.25, 0.3) is 0 Å². The summed E-state index contributed by atoms with van der Waals surface area (Å²) in [7, 11) is 1.65. The van der Waals surface area contributed by atoms with Crippen molar-refractivity contribution in [3.8, 4) is 5.75 Å². The van der Waals surface area contributed by atoms with E-state index >= 15 is 0 Å². The molecule has 29 heavy (non-hydrogen) atoms. The largest absolute Gasteiger partial charge is 0.497 e. The minimum absolute atomic E-state index is 0.00752. The van der Waals surface area contributed by atoms with E-state index in [0.717, 1.165) is 28.3 Å². The van der Waals surface area contributed by atoms with Crippen LogP contribution in [0.1, 0.15) is 41.0 Å². The second-order valence-electron chi connectivity index (χ2n) is 7.51. The fourth-order valence-corrected chi connectivity index (χ4v) is 3.42. The highest BCUT2D eigenvalue weighted by molar-refractivity contribution is 5.79. The van der Waals surface area contributed by atoms with Crippen molar-refractivity contribution in [2.75, 3.05) is 7.11 Å². The molecule has 5 heteroatoms. The zero-order chi connectivity index (χ0) is 21.0. The molecule has 2 aromatic carbocycles. The number of hydrogen-bond donors (Lipinski definition) is 1. The van der Waals surface area contributed by atoms with Crippen molar-refractivity contribution in [3.63, 3.8) is 0 Å². The Hall–Kier alpha value is -3.08. The highest BCUT2D eigenvalue weighted by atomic mass is 16.5. The first kappa shape index (κ1) is 20.6. The first-order valence-corrected chi connectivity index (χ1v) is 9.90. The second-order valence-corrected chi connectivity index (χ2v) is 7.51. The van der Waals surface area contributed by atoms with E-state index < -0.39 is 0 Å². The van der Waals surface area contributed by atoms with Gasteiger partial charge in [0, 0.05) is 5.69 Å². The van der Waals surface area contributed by atoms with Crippen molar-refractivity contribution < 1.29 is 9.53 Å². The van der Waals surface area contributed by atoms with Crippen LogP contribution in [0.2, 0.25) is 0 Å². The van der Waals surface area contributed by atoms with E-state index in [9.17, 15) is 4.79 Å². The van der Waals surface area contributed by atoms with Gasteiger partial charge in [-0.1, -0.05) is 49.4 Å². The normalized spacial score (nSPS) is 13.0. The summed E-state index contributed by atoms with van der Waals surface area (Å²) in [5, 5.41) is 7.80. The Balaban J connectivity index is 1.83. The predicted octanol–water partition coefficient (Wildman–Crippen LogP) is 4.36. The molecule has 0 aliphatic heterocycles. The van der Waals surface area contributed by atoms with E-state index in [0.29, 0.717) is 6.54 Å². The maximum atomic E-state index is 13.1. The van der Waals surface area contributed by atoms with Crippen LogP contribution in [0.4, 0.5) is 0 Å². The number of hydrogen-bond acceptors (Lipinski definition) is 3. The Morgan fingerprint density at radius 1 is 1.07 bits per heavy atom. The maximum Gasteiger partial charge on any atom is 0.225 e. The molecule has 152 valence electrons. The van der Waals surface area contributed by atoms with Gasteiger partial charge in [0.1, 0.15) is 5.75 Å². The molecule has 1 N–H and O–H groups in total. The predicted molar refractivity (Wildman–Crippen MR) is 115 cm³/mol. The van der Waals surface area contributed by atoms with Gasteiger partial charge in [0.05, 0.1) is 31.3 Å². The summed E-state index contributed by atoms with van der Waals surface area (Å²) in [5.74, 6) is 0.542. The second kappa shape index (κ2) is 8.95. The number of methoxy groups -OCH3 is 1. The molecule has 0 aliphatic rings. The Morgan fingerprint density at radius 3 is 2.38 bits per heavy atom. The third-order valence-corrected chi connectivity index (χ3v) is 5.48. The van der Waals surface area contributed by atoms with Crippen LogP contribution in [-0.2, 0) is 11.3 Å². The number of rotatable bonds is 7. The molecule has 5 nitrogen and oxygen atoms in total.